The van der Waals surface area contributed by atoms with E-state index in [2.05, 4.69) is 10.0 Å². The first-order chi connectivity index (χ1) is 11.8. The molecule has 0 saturated heterocycles. The fourth-order valence-corrected chi connectivity index (χ4v) is 2.79. The summed E-state index contributed by atoms with van der Waals surface area (Å²) in [6.45, 7) is 0.660. The highest BCUT2D eigenvalue weighted by molar-refractivity contribution is 7.88. The van der Waals surface area contributed by atoms with Crippen LogP contribution >= 0.6 is 0 Å². The molecule has 2 aromatic rings. The second-order valence-electron chi connectivity index (χ2n) is 5.71. The fraction of sp³-hybridized carbons (Fsp3) is 0.278. The Morgan fingerprint density at radius 1 is 1.00 bits per heavy atom. The van der Waals surface area contributed by atoms with E-state index in [9.17, 15) is 17.6 Å². The van der Waals surface area contributed by atoms with Gasteiger partial charge in [-0.15, -0.1) is 0 Å². The number of benzene rings is 2. The molecule has 0 heterocycles. The van der Waals surface area contributed by atoms with Gasteiger partial charge in [0.05, 0.1) is 6.26 Å². The zero-order chi connectivity index (χ0) is 18.3. The fourth-order valence-electron chi connectivity index (χ4n) is 2.32. The summed E-state index contributed by atoms with van der Waals surface area (Å²) in [7, 11) is -3.19. The van der Waals surface area contributed by atoms with Crippen LogP contribution in [0.2, 0.25) is 0 Å². The van der Waals surface area contributed by atoms with Gasteiger partial charge in [-0.25, -0.2) is 17.5 Å². The van der Waals surface area contributed by atoms with Crippen LogP contribution in [0.5, 0.6) is 0 Å². The Morgan fingerprint density at radius 2 is 1.68 bits per heavy atom. The molecular formula is C18H21FN2O3S. The summed E-state index contributed by atoms with van der Waals surface area (Å²) in [6.07, 6.45) is 2.08. The Labute approximate surface area is 147 Å². The van der Waals surface area contributed by atoms with E-state index in [1.807, 2.05) is 0 Å². The molecule has 1 amide bonds. The van der Waals surface area contributed by atoms with Crippen LogP contribution in [0.25, 0.3) is 0 Å². The Bertz CT molecular complexity index is 820. The average molecular weight is 364 g/mol. The third-order valence-electron chi connectivity index (χ3n) is 3.63. The van der Waals surface area contributed by atoms with Gasteiger partial charge in [-0.1, -0.05) is 30.3 Å². The van der Waals surface area contributed by atoms with Crippen molar-refractivity contribution in [2.24, 2.45) is 0 Å². The zero-order valence-corrected chi connectivity index (χ0v) is 14.8. The van der Waals surface area contributed by atoms with E-state index < -0.39 is 10.0 Å². The van der Waals surface area contributed by atoms with E-state index in [0.717, 1.165) is 11.8 Å². The second-order valence-corrected chi connectivity index (χ2v) is 7.54. The van der Waals surface area contributed by atoms with Gasteiger partial charge in [-0.2, -0.15) is 0 Å². The molecule has 0 aliphatic carbocycles. The van der Waals surface area contributed by atoms with Gasteiger partial charge in [0.1, 0.15) is 5.82 Å². The third kappa shape index (κ3) is 6.64. The lowest BCUT2D eigenvalue weighted by molar-refractivity contribution is 0.0954. The largest absolute Gasteiger partial charge is 0.352 e. The highest BCUT2D eigenvalue weighted by atomic mass is 32.2. The van der Waals surface area contributed by atoms with Gasteiger partial charge in [0.25, 0.3) is 5.91 Å². The smallest absolute Gasteiger partial charge is 0.251 e. The van der Waals surface area contributed by atoms with Crippen LogP contribution in [0.3, 0.4) is 0 Å². The van der Waals surface area contributed by atoms with Gasteiger partial charge in [-0.05, 0) is 42.2 Å². The Balaban J connectivity index is 1.81. The molecule has 2 aromatic carbocycles. The quantitative estimate of drug-likeness (QED) is 0.751. The van der Waals surface area contributed by atoms with Gasteiger partial charge in [0.15, 0.2) is 0 Å². The molecular weight excluding hydrogens is 343 g/mol. The van der Waals surface area contributed by atoms with E-state index >= 15 is 0 Å². The van der Waals surface area contributed by atoms with Crippen molar-refractivity contribution in [3.8, 4) is 0 Å². The molecule has 0 radical (unpaired) electrons. The maximum absolute atomic E-state index is 13.5. The van der Waals surface area contributed by atoms with Crippen LogP contribution in [-0.4, -0.2) is 33.7 Å². The van der Waals surface area contributed by atoms with Crippen molar-refractivity contribution in [1.82, 2.24) is 10.0 Å². The van der Waals surface area contributed by atoms with Crippen molar-refractivity contribution in [3.05, 3.63) is 71.0 Å². The highest BCUT2D eigenvalue weighted by Crippen LogP contribution is 2.07. The van der Waals surface area contributed by atoms with Crippen molar-refractivity contribution >= 4 is 15.9 Å². The number of nitrogens with one attached hydrogen (secondary N) is 2. The number of carbonyl (C=O) groups is 1. The van der Waals surface area contributed by atoms with Gasteiger partial charge in [-0.3, -0.25) is 4.79 Å². The van der Waals surface area contributed by atoms with Crippen molar-refractivity contribution in [3.63, 3.8) is 0 Å². The van der Waals surface area contributed by atoms with Crippen molar-refractivity contribution < 1.29 is 17.6 Å². The van der Waals surface area contributed by atoms with Crippen LogP contribution in [0.15, 0.2) is 48.5 Å². The number of carbonyl (C=O) groups excluding carboxylic acids is 1. The summed E-state index contributed by atoms with van der Waals surface area (Å²) in [5, 5.41) is 2.76. The van der Waals surface area contributed by atoms with Gasteiger partial charge in [0, 0.05) is 18.7 Å². The van der Waals surface area contributed by atoms with Crippen molar-refractivity contribution in [1.29, 1.82) is 0 Å². The van der Waals surface area contributed by atoms with Gasteiger partial charge >= 0.3 is 0 Å². The summed E-state index contributed by atoms with van der Waals surface area (Å²) in [5.74, 6) is -0.499. The van der Waals surface area contributed by atoms with E-state index in [1.54, 1.807) is 42.5 Å². The first-order valence-corrected chi connectivity index (χ1v) is 9.79. The molecule has 0 atom stereocenters. The zero-order valence-electron chi connectivity index (χ0n) is 14.0. The number of sulfonamides is 1. The summed E-state index contributed by atoms with van der Waals surface area (Å²) < 4.78 is 37.9. The molecule has 0 aliphatic heterocycles. The SMILES string of the molecule is CS(=O)(=O)NCCc1ccc(C(=O)NCCc2ccccc2F)cc1. The van der Waals surface area contributed by atoms with E-state index in [-0.39, 0.29) is 11.7 Å². The van der Waals surface area contributed by atoms with Gasteiger partial charge < -0.3 is 5.32 Å². The molecule has 5 nitrogen and oxygen atoms in total. The maximum Gasteiger partial charge on any atom is 0.251 e. The number of halogens is 1. The van der Waals surface area contributed by atoms with Crippen LogP contribution in [0, 0.1) is 5.82 Å². The molecule has 0 spiro atoms. The molecule has 25 heavy (non-hydrogen) atoms. The Kier molecular flexibility index (Phi) is 6.66. The molecule has 0 saturated carbocycles. The number of rotatable bonds is 8. The van der Waals surface area contributed by atoms with Crippen molar-refractivity contribution in [2.45, 2.75) is 12.8 Å². The lowest BCUT2D eigenvalue weighted by Crippen LogP contribution is -2.26. The number of amides is 1. The molecule has 0 fully saturated rings. The first-order valence-electron chi connectivity index (χ1n) is 7.90. The monoisotopic (exact) mass is 364 g/mol. The standard InChI is InChI=1S/C18H21FN2O3S/c1-25(23,24)21-13-10-14-6-8-16(9-7-14)18(22)20-12-11-15-4-2-3-5-17(15)19/h2-9,21H,10-13H2,1H3,(H,20,22). The lowest BCUT2D eigenvalue weighted by atomic mass is 10.1. The highest BCUT2D eigenvalue weighted by Gasteiger charge is 2.07. The molecule has 0 bridgehead atoms. The predicted octanol–water partition coefficient (Wildman–Crippen LogP) is 1.89. The molecule has 2 rings (SSSR count). The van der Waals surface area contributed by atoms with Gasteiger partial charge in [0.2, 0.25) is 10.0 Å². The molecule has 0 unspecified atom stereocenters. The van der Waals surface area contributed by atoms with E-state index in [4.69, 9.17) is 0 Å². The molecule has 2 N–H and O–H groups in total. The Hall–Kier alpha value is -2.25. The number of hydrogen-bond donors (Lipinski definition) is 2. The molecule has 0 aliphatic rings. The predicted molar refractivity (Wildman–Crippen MR) is 95.4 cm³/mol. The van der Waals surface area contributed by atoms with E-state index in [1.165, 1.54) is 6.07 Å². The van der Waals surface area contributed by atoms with Crippen LogP contribution in [0.4, 0.5) is 4.39 Å². The van der Waals surface area contributed by atoms with Crippen LogP contribution in [0.1, 0.15) is 21.5 Å². The minimum Gasteiger partial charge on any atom is -0.352 e. The molecule has 7 heteroatoms. The third-order valence-corrected chi connectivity index (χ3v) is 4.36. The summed E-state index contributed by atoms with van der Waals surface area (Å²) in [6, 6.07) is 13.4. The van der Waals surface area contributed by atoms with Crippen LogP contribution in [-0.2, 0) is 22.9 Å². The normalized spacial score (nSPS) is 11.3. The summed E-state index contributed by atoms with van der Waals surface area (Å²) in [4.78, 5) is 12.1. The summed E-state index contributed by atoms with van der Waals surface area (Å²) in [5.41, 5.74) is 2.00. The lowest BCUT2D eigenvalue weighted by Gasteiger charge is -2.07. The summed E-state index contributed by atoms with van der Waals surface area (Å²) >= 11 is 0. The Morgan fingerprint density at radius 3 is 2.32 bits per heavy atom. The topological polar surface area (TPSA) is 75.3 Å². The minimum atomic E-state index is -3.19. The maximum atomic E-state index is 13.5. The first kappa shape index (κ1) is 19.1. The van der Waals surface area contributed by atoms with Crippen LogP contribution < -0.4 is 10.0 Å². The molecule has 134 valence electrons. The number of hydrogen-bond acceptors (Lipinski definition) is 3. The second kappa shape index (κ2) is 8.73. The van der Waals surface area contributed by atoms with Crippen molar-refractivity contribution in [2.75, 3.05) is 19.3 Å². The molecule has 0 aromatic heterocycles. The average Bonchev–Trinajstić information content (AvgIpc) is 2.56. The minimum absolute atomic E-state index is 0.225. The van der Waals surface area contributed by atoms with E-state index in [0.29, 0.717) is 37.1 Å².